The van der Waals surface area contributed by atoms with Crippen molar-refractivity contribution in [1.29, 1.82) is 0 Å². The zero-order valence-corrected chi connectivity index (χ0v) is 12.5. The Morgan fingerprint density at radius 2 is 2.26 bits per heavy atom. The second-order valence-corrected chi connectivity index (χ2v) is 6.20. The summed E-state index contributed by atoms with van der Waals surface area (Å²) in [6.07, 6.45) is 4.89. The molecule has 0 atom stereocenters. The summed E-state index contributed by atoms with van der Waals surface area (Å²) in [4.78, 5) is 2.40. The van der Waals surface area contributed by atoms with Crippen molar-refractivity contribution in [1.82, 2.24) is 25.2 Å². The Labute approximate surface area is 116 Å². The molecule has 5 nitrogen and oxygen atoms in total. The Kier molecular flexibility index (Phi) is 5.34. The van der Waals surface area contributed by atoms with Gasteiger partial charge in [-0.15, -0.1) is 5.10 Å². The highest BCUT2D eigenvalue weighted by Crippen LogP contribution is 2.29. The van der Waals surface area contributed by atoms with Gasteiger partial charge in [-0.05, 0) is 38.3 Å². The van der Waals surface area contributed by atoms with Gasteiger partial charge in [-0.2, -0.15) is 0 Å². The zero-order chi connectivity index (χ0) is 13.7. The quantitative estimate of drug-likeness (QED) is 0.732. The molecule has 1 saturated carbocycles. The van der Waals surface area contributed by atoms with Gasteiger partial charge in [0, 0.05) is 25.8 Å². The van der Waals surface area contributed by atoms with E-state index in [-0.39, 0.29) is 0 Å². The highest BCUT2D eigenvalue weighted by atomic mass is 15.4. The smallest absolute Gasteiger partial charge is 0.0964 e. The van der Waals surface area contributed by atoms with Crippen LogP contribution < -0.4 is 5.32 Å². The third-order valence-electron chi connectivity index (χ3n) is 3.42. The van der Waals surface area contributed by atoms with Crippen LogP contribution in [0.3, 0.4) is 0 Å². The monoisotopic (exact) mass is 265 g/mol. The SMILES string of the molecule is CC(C)CNCc1cn(CCN(C)CC2CC2)nn1. The van der Waals surface area contributed by atoms with E-state index in [1.807, 2.05) is 4.68 Å². The highest BCUT2D eigenvalue weighted by Gasteiger charge is 2.22. The average Bonchev–Trinajstić information content (AvgIpc) is 3.04. The molecule has 1 heterocycles. The number of likely N-dealkylation sites (N-methyl/N-ethyl adjacent to an activating group) is 1. The predicted molar refractivity (Wildman–Crippen MR) is 76.8 cm³/mol. The van der Waals surface area contributed by atoms with Gasteiger partial charge in [0.2, 0.25) is 0 Å². The van der Waals surface area contributed by atoms with Crippen molar-refractivity contribution in [2.24, 2.45) is 11.8 Å². The number of hydrogen-bond acceptors (Lipinski definition) is 4. The minimum absolute atomic E-state index is 0.672. The van der Waals surface area contributed by atoms with Crippen LogP contribution >= 0.6 is 0 Å². The molecule has 2 rings (SSSR count). The van der Waals surface area contributed by atoms with Gasteiger partial charge >= 0.3 is 0 Å². The van der Waals surface area contributed by atoms with Gasteiger partial charge in [-0.1, -0.05) is 19.1 Å². The second kappa shape index (κ2) is 7.01. The van der Waals surface area contributed by atoms with E-state index in [9.17, 15) is 0 Å². The third kappa shape index (κ3) is 5.70. The molecule has 108 valence electrons. The molecule has 1 aromatic rings. The van der Waals surface area contributed by atoms with E-state index in [0.717, 1.165) is 37.8 Å². The topological polar surface area (TPSA) is 46.0 Å². The van der Waals surface area contributed by atoms with Gasteiger partial charge in [0.25, 0.3) is 0 Å². The van der Waals surface area contributed by atoms with E-state index in [0.29, 0.717) is 5.92 Å². The first-order valence-corrected chi connectivity index (χ1v) is 7.41. The summed E-state index contributed by atoms with van der Waals surface area (Å²) in [5.41, 5.74) is 1.03. The van der Waals surface area contributed by atoms with E-state index in [1.54, 1.807) is 0 Å². The molecule has 0 aromatic carbocycles. The molecule has 0 spiro atoms. The fourth-order valence-electron chi connectivity index (χ4n) is 2.12. The maximum Gasteiger partial charge on any atom is 0.0964 e. The summed E-state index contributed by atoms with van der Waals surface area (Å²) in [5, 5.41) is 11.8. The minimum atomic E-state index is 0.672. The van der Waals surface area contributed by atoms with Crippen LogP contribution in [0.2, 0.25) is 0 Å². The Morgan fingerprint density at radius 3 is 2.95 bits per heavy atom. The van der Waals surface area contributed by atoms with Crippen molar-refractivity contribution in [3.05, 3.63) is 11.9 Å². The summed E-state index contributed by atoms with van der Waals surface area (Å²) in [5.74, 6) is 1.63. The van der Waals surface area contributed by atoms with Crippen LogP contribution in [0.1, 0.15) is 32.4 Å². The molecule has 1 aliphatic rings. The van der Waals surface area contributed by atoms with E-state index >= 15 is 0 Å². The van der Waals surface area contributed by atoms with Crippen molar-refractivity contribution < 1.29 is 0 Å². The zero-order valence-electron chi connectivity index (χ0n) is 12.5. The summed E-state index contributed by atoms with van der Waals surface area (Å²) in [7, 11) is 2.19. The largest absolute Gasteiger partial charge is 0.311 e. The molecular formula is C14H27N5. The maximum absolute atomic E-state index is 4.20. The van der Waals surface area contributed by atoms with Crippen molar-refractivity contribution in [2.45, 2.75) is 39.8 Å². The number of nitrogens with one attached hydrogen (secondary N) is 1. The maximum atomic E-state index is 4.20. The summed E-state index contributed by atoms with van der Waals surface area (Å²) < 4.78 is 1.95. The van der Waals surface area contributed by atoms with Gasteiger partial charge in [-0.3, -0.25) is 4.68 Å². The molecule has 0 radical (unpaired) electrons. The molecule has 0 amide bonds. The lowest BCUT2D eigenvalue weighted by Crippen LogP contribution is -2.25. The minimum Gasteiger partial charge on any atom is -0.311 e. The molecular weight excluding hydrogens is 238 g/mol. The number of aromatic nitrogens is 3. The van der Waals surface area contributed by atoms with Crippen LogP contribution in [0.4, 0.5) is 0 Å². The van der Waals surface area contributed by atoms with Crippen LogP contribution in [0, 0.1) is 11.8 Å². The van der Waals surface area contributed by atoms with Crippen molar-refractivity contribution in [3.8, 4) is 0 Å². The first-order chi connectivity index (χ1) is 9.13. The van der Waals surface area contributed by atoms with Crippen LogP contribution in [0.15, 0.2) is 6.20 Å². The van der Waals surface area contributed by atoms with E-state index in [4.69, 9.17) is 0 Å². The Morgan fingerprint density at radius 1 is 1.47 bits per heavy atom. The van der Waals surface area contributed by atoms with Gasteiger partial charge in [-0.25, -0.2) is 0 Å². The van der Waals surface area contributed by atoms with Crippen LogP contribution in [0.5, 0.6) is 0 Å². The van der Waals surface area contributed by atoms with Gasteiger partial charge in [0.05, 0.1) is 12.2 Å². The lowest BCUT2D eigenvalue weighted by atomic mass is 10.2. The molecule has 0 aliphatic heterocycles. The Hall–Kier alpha value is -0.940. The number of rotatable bonds is 9. The number of hydrogen-bond donors (Lipinski definition) is 1. The average molecular weight is 265 g/mol. The fraction of sp³-hybridized carbons (Fsp3) is 0.857. The molecule has 1 N–H and O–H groups in total. The Balaban J connectivity index is 1.64. The predicted octanol–water partition coefficient (Wildman–Crippen LogP) is 1.37. The van der Waals surface area contributed by atoms with Crippen molar-refractivity contribution >= 4 is 0 Å². The molecule has 19 heavy (non-hydrogen) atoms. The second-order valence-electron chi connectivity index (χ2n) is 6.20. The highest BCUT2D eigenvalue weighted by molar-refractivity contribution is 4.91. The lowest BCUT2D eigenvalue weighted by Gasteiger charge is -2.15. The molecule has 1 aliphatic carbocycles. The molecule has 1 fully saturated rings. The standard InChI is InChI=1S/C14H27N5/c1-12(2)8-15-9-14-11-19(17-16-14)7-6-18(3)10-13-4-5-13/h11-13,15H,4-10H2,1-3H3. The van der Waals surface area contributed by atoms with Crippen molar-refractivity contribution in [2.75, 3.05) is 26.7 Å². The molecule has 0 bridgehead atoms. The number of nitrogens with zero attached hydrogens (tertiary/aromatic N) is 4. The van der Waals surface area contributed by atoms with Crippen LogP contribution in [0.25, 0.3) is 0 Å². The van der Waals surface area contributed by atoms with Gasteiger partial charge in [0.1, 0.15) is 0 Å². The first-order valence-electron chi connectivity index (χ1n) is 7.41. The van der Waals surface area contributed by atoms with E-state index < -0.39 is 0 Å². The third-order valence-corrected chi connectivity index (χ3v) is 3.42. The molecule has 1 aromatic heterocycles. The molecule has 0 saturated heterocycles. The van der Waals surface area contributed by atoms with Gasteiger partial charge < -0.3 is 10.2 Å². The van der Waals surface area contributed by atoms with Gasteiger partial charge in [0.15, 0.2) is 0 Å². The summed E-state index contributed by atoms with van der Waals surface area (Å²) in [6, 6.07) is 0. The molecule has 0 unspecified atom stereocenters. The fourth-order valence-corrected chi connectivity index (χ4v) is 2.12. The normalized spacial score (nSPS) is 15.6. The van der Waals surface area contributed by atoms with E-state index in [2.05, 4.69) is 47.6 Å². The Bertz CT molecular complexity index is 370. The summed E-state index contributed by atoms with van der Waals surface area (Å²) >= 11 is 0. The van der Waals surface area contributed by atoms with Crippen LogP contribution in [-0.4, -0.2) is 46.6 Å². The van der Waals surface area contributed by atoms with Crippen LogP contribution in [-0.2, 0) is 13.1 Å². The first kappa shape index (κ1) is 14.5. The molecule has 5 heteroatoms. The summed E-state index contributed by atoms with van der Waals surface area (Å²) in [6.45, 7) is 9.48. The van der Waals surface area contributed by atoms with E-state index in [1.165, 1.54) is 19.4 Å². The van der Waals surface area contributed by atoms with Crippen molar-refractivity contribution in [3.63, 3.8) is 0 Å². The lowest BCUT2D eigenvalue weighted by molar-refractivity contribution is 0.299.